The highest BCUT2D eigenvalue weighted by molar-refractivity contribution is 5.99. The van der Waals surface area contributed by atoms with E-state index in [9.17, 15) is 4.79 Å². The summed E-state index contributed by atoms with van der Waals surface area (Å²) in [4.78, 5) is 16.0. The number of hydrogen-bond acceptors (Lipinski definition) is 4. The van der Waals surface area contributed by atoms with Gasteiger partial charge in [-0.1, -0.05) is 43.5 Å². The van der Waals surface area contributed by atoms with E-state index in [4.69, 9.17) is 9.47 Å². The number of morpholine rings is 1. The third-order valence-corrected chi connectivity index (χ3v) is 6.48. The van der Waals surface area contributed by atoms with Crippen LogP contribution in [0.4, 0.5) is 5.69 Å². The Hall–Kier alpha value is -2.37. The van der Waals surface area contributed by atoms with Gasteiger partial charge in [-0.15, -0.1) is 0 Å². The largest absolute Gasteiger partial charge is 0.497 e. The van der Waals surface area contributed by atoms with Gasteiger partial charge in [-0.05, 0) is 48.2 Å². The molecule has 2 aromatic carbocycles. The van der Waals surface area contributed by atoms with Gasteiger partial charge in [-0.25, -0.2) is 0 Å². The van der Waals surface area contributed by atoms with Crippen LogP contribution in [0.15, 0.2) is 48.5 Å². The maximum atomic E-state index is 13.6. The van der Waals surface area contributed by atoms with Crippen molar-refractivity contribution in [3.63, 3.8) is 0 Å². The molecule has 30 heavy (non-hydrogen) atoms. The Bertz CT molecular complexity index is 838. The minimum atomic E-state index is -0.468. The van der Waals surface area contributed by atoms with Gasteiger partial charge in [0.2, 0.25) is 5.91 Å². The molecule has 5 nitrogen and oxygen atoms in total. The number of carbonyl (C=O) groups is 1. The van der Waals surface area contributed by atoms with E-state index in [0.717, 1.165) is 75.5 Å². The average molecular weight is 409 g/mol. The van der Waals surface area contributed by atoms with Gasteiger partial charge in [0.1, 0.15) is 5.75 Å². The van der Waals surface area contributed by atoms with E-state index in [0.29, 0.717) is 0 Å². The Balaban J connectivity index is 1.51. The van der Waals surface area contributed by atoms with Crippen LogP contribution in [0.25, 0.3) is 0 Å². The summed E-state index contributed by atoms with van der Waals surface area (Å²) < 4.78 is 10.8. The van der Waals surface area contributed by atoms with Crippen LogP contribution in [0.3, 0.4) is 0 Å². The number of nitrogens with one attached hydrogen (secondary N) is 1. The molecule has 1 aliphatic carbocycles. The van der Waals surface area contributed by atoms with E-state index >= 15 is 0 Å². The maximum absolute atomic E-state index is 13.6. The number of amides is 1. The zero-order chi connectivity index (χ0) is 20.8. The van der Waals surface area contributed by atoms with Crippen molar-refractivity contribution in [2.24, 2.45) is 0 Å². The standard InChI is InChI=1S/C25H32N2O3/c1-29-23-10-8-21(9-11-23)25(12-3-2-4-13-25)24(28)26-22-7-5-6-20(18-22)19-27-14-16-30-17-15-27/h5-11,18H,2-4,12-17,19H2,1H3,(H,26,28). The third-order valence-electron chi connectivity index (χ3n) is 6.48. The number of carbonyl (C=O) groups excluding carboxylic acids is 1. The van der Waals surface area contributed by atoms with Crippen molar-refractivity contribution in [1.29, 1.82) is 0 Å². The van der Waals surface area contributed by atoms with Crippen molar-refractivity contribution in [3.05, 3.63) is 59.7 Å². The number of hydrogen-bond donors (Lipinski definition) is 1. The van der Waals surface area contributed by atoms with Crippen molar-refractivity contribution in [3.8, 4) is 5.75 Å². The molecule has 1 heterocycles. The monoisotopic (exact) mass is 408 g/mol. The predicted octanol–water partition coefficient (Wildman–Crippen LogP) is 4.37. The number of ether oxygens (including phenoxy) is 2. The summed E-state index contributed by atoms with van der Waals surface area (Å²) >= 11 is 0. The molecule has 0 bridgehead atoms. The minimum Gasteiger partial charge on any atom is -0.497 e. The topological polar surface area (TPSA) is 50.8 Å². The minimum absolute atomic E-state index is 0.107. The van der Waals surface area contributed by atoms with E-state index in [1.165, 1.54) is 12.0 Å². The summed E-state index contributed by atoms with van der Waals surface area (Å²) in [5.74, 6) is 0.928. The normalized spacial score (nSPS) is 19.2. The molecule has 2 fully saturated rings. The summed E-state index contributed by atoms with van der Waals surface area (Å²) in [6.07, 6.45) is 5.13. The molecular weight excluding hydrogens is 376 g/mol. The van der Waals surface area contributed by atoms with Crippen LogP contribution in [-0.4, -0.2) is 44.2 Å². The Kier molecular flexibility index (Phi) is 6.70. The highest BCUT2D eigenvalue weighted by Crippen LogP contribution is 2.41. The molecule has 1 aliphatic heterocycles. The fraction of sp³-hybridized carbons (Fsp3) is 0.480. The van der Waals surface area contributed by atoms with Gasteiger partial charge >= 0.3 is 0 Å². The number of benzene rings is 2. The quantitative estimate of drug-likeness (QED) is 0.771. The molecule has 4 rings (SSSR count). The van der Waals surface area contributed by atoms with Gasteiger partial charge in [-0.2, -0.15) is 0 Å². The Labute approximate surface area is 179 Å². The van der Waals surface area contributed by atoms with Crippen LogP contribution >= 0.6 is 0 Å². The molecule has 2 aromatic rings. The average Bonchev–Trinajstić information content (AvgIpc) is 2.80. The molecular formula is C25H32N2O3. The lowest BCUT2D eigenvalue weighted by Gasteiger charge is -2.36. The summed E-state index contributed by atoms with van der Waals surface area (Å²) in [5.41, 5.74) is 2.72. The fourth-order valence-corrected chi connectivity index (χ4v) is 4.73. The molecule has 0 aromatic heterocycles. The number of methoxy groups -OCH3 is 1. The highest BCUT2D eigenvalue weighted by Gasteiger charge is 2.41. The van der Waals surface area contributed by atoms with Gasteiger partial charge in [0.05, 0.1) is 25.7 Å². The van der Waals surface area contributed by atoms with E-state index in [1.807, 2.05) is 24.3 Å². The Morgan fingerprint density at radius 1 is 1.07 bits per heavy atom. The van der Waals surface area contributed by atoms with Crippen molar-refractivity contribution < 1.29 is 14.3 Å². The van der Waals surface area contributed by atoms with E-state index < -0.39 is 5.41 Å². The zero-order valence-corrected chi connectivity index (χ0v) is 17.9. The molecule has 0 spiro atoms. The first kappa shape index (κ1) is 20.9. The van der Waals surface area contributed by atoms with Crippen LogP contribution in [0.5, 0.6) is 5.75 Å². The molecule has 0 radical (unpaired) electrons. The summed E-state index contributed by atoms with van der Waals surface area (Å²) in [5, 5.41) is 3.24. The fourth-order valence-electron chi connectivity index (χ4n) is 4.73. The lowest BCUT2D eigenvalue weighted by atomic mass is 9.68. The van der Waals surface area contributed by atoms with Crippen LogP contribution in [0.2, 0.25) is 0 Å². The van der Waals surface area contributed by atoms with E-state index in [1.54, 1.807) is 7.11 Å². The molecule has 160 valence electrons. The molecule has 1 N–H and O–H groups in total. The van der Waals surface area contributed by atoms with Crippen LogP contribution in [0, 0.1) is 0 Å². The van der Waals surface area contributed by atoms with Crippen molar-refractivity contribution in [2.45, 2.75) is 44.1 Å². The van der Waals surface area contributed by atoms with Gasteiger partial charge in [0.15, 0.2) is 0 Å². The van der Waals surface area contributed by atoms with Crippen molar-refractivity contribution >= 4 is 11.6 Å². The van der Waals surface area contributed by atoms with Gasteiger partial charge in [0, 0.05) is 25.3 Å². The van der Waals surface area contributed by atoms with Gasteiger partial charge in [0.25, 0.3) is 0 Å². The first-order chi connectivity index (χ1) is 14.7. The highest BCUT2D eigenvalue weighted by atomic mass is 16.5. The number of nitrogens with zero attached hydrogens (tertiary/aromatic N) is 1. The second kappa shape index (κ2) is 9.63. The second-order valence-electron chi connectivity index (χ2n) is 8.41. The van der Waals surface area contributed by atoms with Crippen LogP contribution in [-0.2, 0) is 21.5 Å². The zero-order valence-electron chi connectivity index (χ0n) is 17.9. The second-order valence-corrected chi connectivity index (χ2v) is 8.41. The SMILES string of the molecule is COc1ccc(C2(C(=O)Nc3cccc(CN4CCOCC4)c3)CCCCC2)cc1. The molecule has 5 heteroatoms. The van der Waals surface area contributed by atoms with E-state index in [-0.39, 0.29) is 5.91 Å². The molecule has 2 aliphatic rings. The van der Waals surface area contributed by atoms with Gasteiger partial charge < -0.3 is 14.8 Å². The van der Waals surface area contributed by atoms with Crippen molar-refractivity contribution in [1.82, 2.24) is 4.90 Å². The Morgan fingerprint density at radius 2 is 1.80 bits per heavy atom. The summed E-state index contributed by atoms with van der Waals surface area (Å²) in [6, 6.07) is 16.3. The lowest BCUT2D eigenvalue weighted by molar-refractivity contribution is -0.122. The van der Waals surface area contributed by atoms with Crippen molar-refractivity contribution in [2.75, 3.05) is 38.7 Å². The number of anilines is 1. The van der Waals surface area contributed by atoms with E-state index in [2.05, 4.69) is 34.5 Å². The first-order valence-corrected chi connectivity index (χ1v) is 11.0. The predicted molar refractivity (Wildman–Crippen MR) is 119 cm³/mol. The molecule has 0 unspecified atom stereocenters. The number of rotatable bonds is 6. The summed E-state index contributed by atoms with van der Waals surface area (Å²) in [6.45, 7) is 4.38. The third kappa shape index (κ3) is 4.68. The van der Waals surface area contributed by atoms with Crippen LogP contribution in [0.1, 0.15) is 43.2 Å². The van der Waals surface area contributed by atoms with Gasteiger partial charge in [-0.3, -0.25) is 9.69 Å². The molecule has 1 saturated heterocycles. The summed E-state index contributed by atoms with van der Waals surface area (Å²) in [7, 11) is 1.67. The lowest BCUT2D eigenvalue weighted by Crippen LogP contribution is -2.42. The first-order valence-electron chi connectivity index (χ1n) is 11.0. The Morgan fingerprint density at radius 3 is 2.50 bits per heavy atom. The molecule has 1 saturated carbocycles. The molecule has 0 atom stereocenters. The smallest absolute Gasteiger partial charge is 0.235 e. The van der Waals surface area contributed by atoms with Crippen LogP contribution < -0.4 is 10.1 Å². The maximum Gasteiger partial charge on any atom is 0.235 e. The molecule has 1 amide bonds.